The monoisotopic (exact) mass is 450 g/mol. The average Bonchev–Trinajstić information content (AvgIpc) is 3.20. The molecule has 0 fully saturated rings. The molecule has 11 heteroatoms. The Hall–Kier alpha value is -3.34. The van der Waals surface area contributed by atoms with Crippen molar-refractivity contribution >= 4 is 29.3 Å². The number of hydrogen-bond acceptors (Lipinski definition) is 6. The summed E-state index contributed by atoms with van der Waals surface area (Å²) in [5.41, 5.74) is 1.20. The third-order valence-corrected chi connectivity index (χ3v) is 5.10. The number of anilines is 1. The van der Waals surface area contributed by atoms with Crippen LogP contribution in [0.4, 0.5) is 18.9 Å². The van der Waals surface area contributed by atoms with Gasteiger partial charge in [-0.2, -0.15) is 0 Å². The van der Waals surface area contributed by atoms with Crippen molar-refractivity contribution < 1.29 is 27.2 Å². The summed E-state index contributed by atoms with van der Waals surface area (Å²) in [7, 11) is 0. The molecule has 1 aromatic heterocycles. The molecule has 7 nitrogen and oxygen atoms in total. The Bertz CT molecular complexity index is 1120. The second-order valence-electron chi connectivity index (χ2n) is 6.44. The molecule has 0 radical (unpaired) electrons. The van der Waals surface area contributed by atoms with Crippen LogP contribution in [0.1, 0.15) is 12.5 Å². The largest absolute Gasteiger partial charge is 0.411 e. The van der Waals surface area contributed by atoms with E-state index in [0.717, 1.165) is 29.0 Å². The van der Waals surface area contributed by atoms with Crippen LogP contribution in [0.3, 0.4) is 0 Å². The molecule has 3 aromatic rings. The first-order valence-electron chi connectivity index (χ1n) is 9.03. The van der Waals surface area contributed by atoms with Crippen molar-refractivity contribution in [3.8, 4) is 11.5 Å². The van der Waals surface area contributed by atoms with Gasteiger partial charge in [0.2, 0.25) is 17.7 Å². The Balaban J connectivity index is 1.53. The van der Waals surface area contributed by atoms with Gasteiger partial charge in [0.25, 0.3) is 5.22 Å². The lowest BCUT2D eigenvalue weighted by Gasteiger charge is -2.11. The van der Waals surface area contributed by atoms with Gasteiger partial charge in [-0.15, -0.1) is 10.2 Å². The summed E-state index contributed by atoms with van der Waals surface area (Å²) in [5.74, 6) is -5.60. The summed E-state index contributed by atoms with van der Waals surface area (Å²) < 4.78 is 45.3. The second-order valence-corrected chi connectivity index (χ2v) is 7.73. The molecule has 0 bridgehead atoms. The highest BCUT2D eigenvalue weighted by Crippen LogP contribution is 2.27. The normalized spacial score (nSPS) is 11.8. The summed E-state index contributed by atoms with van der Waals surface area (Å²) in [6, 6.07) is 9.02. The van der Waals surface area contributed by atoms with Gasteiger partial charge in [-0.3, -0.25) is 9.59 Å². The second kappa shape index (κ2) is 9.65. The molecule has 0 aliphatic rings. The molecule has 0 saturated carbocycles. The van der Waals surface area contributed by atoms with Gasteiger partial charge in [-0.05, 0) is 37.6 Å². The van der Waals surface area contributed by atoms with Crippen molar-refractivity contribution in [3.05, 3.63) is 59.4 Å². The van der Waals surface area contributed by atoms with Crippen LogP contribution in [-0.2, 0) is 9.59 Å². The fourth-order valence-corrected chi connectivity index (χ4v) is 3.22. The molecule has 3 rings (SSSR count). The molecule has 31 heavy (non-hydrogen) atoms. The Morgan fingerprint density at radius 1 is 1.10 bits per heavy atom. The number of halogens is 3. The van der Waals surface area contributed by atoms with E-state index in [1.807, 2.05) is 31.2 Å². The molecular weight excluding hydrogens is 433 g/mol. The first kappa shape index (κ1) is 22.3. The van der Waals surface area contributed by atoms with Gasteiger partial charge >= 0.3 is 0 Å². The Labute approximate surface area is 179 Å². The number of benzene rings is 2. The minimum Gasteiger partial charge on any atom is -0.411 e. The first-order valence-corrected chi connectivity index (χ1v) is 9.91. The molecule has 2 N–H and O–H groups in total. The smallest absolute Gasteiger partial charge is 0.277 e. The predicted molar refractivity (Wildman–Crippen MR) is 108 cm³/mol. The van der Waals surface area contributed by atoms with E-state index in [2.05, 4.69) is 20.8 Å². The summed E-state index contributed by atoms with van der Waals surface area (Å²) in [4.78, 5) is 24.1. The van der Waals surface area contributed by atoms with Gasteiger partial charge in [0.1, 0.15) is 0 Å². The maximum absolute atomic E-state index is 13.6. The zero-order valence-electron chi connectivity index (χ0n) is 16.4. The fourth-order valence-electron chi connectivity index (χ4n) is 2.51. The van der Waals surface area contributed by atoms with Crippen LogP contribution in [0.2, 0.25) is 0 Å². The third-order valence-electron chi connectivity index (χ3n) is 4.16. The number of nitrogens with zero attached hydrogens (tertiary/aromatic N) is 2. The number of aromatic nitrogens is 2. The fraction of sp³-hybridized carbons (Fsp3) is 0.200. The highest BCUT2D eigenvalue weighted by atomic mass is 32.2. The molecule has 0 spiro atoms. The highest BCUT2D eigenvalue weighted by Gasteiger charge is 2.20. The number of thioether (sulfide) groups is 1. The number of aryl methyl sites for hydroxylation is 1. The molecule has 0 aliphatic heterocycles. The molecule has 0 saturated heterocycles. The zero-order valence-corrected chi connectivity index (χ0v) is 17.2. The number of nitrogens with one attached hydrogen (secondary N) is 2. The van der Waals surface area contributed by atoms with Gasteiger partial charge < -0.3 is 15.1 Å². The molecule has 1 unspecified atom stereocenters. The van der Waals surface area contributed by atoms with Crippen molar-refractivity contribution in [2.24, 2.45) is 0 Å². The van der Waals surface area contributed by atoms with Gasteiger partial charge in [-0.25, -0.2) is 13.2 Å². The van der Waals surface area contributed by atoms with Crippen molar-refractivity contribution in [1.29, 1.82) is 0 Å². The van der Waals surface area contributed by atoms with Crippen molar-refractivity contribution in [2.45, 2.75) is 24.3 Å². The standard InChI is InChI=1S/C20H17F3N4O3S/c1-10-5-3-4-6-12(10)19-26-27-20(30-19)31-11(2)18(29)24-9-15(28)25-14-8-7-13(21)16(22)17(14)23/h3-8,11H,9H2,1-2H3,(H,24,29)(H,25,28). The van der Waals surface area contributed by atoms with Crippen LogP contribution in [-0.4, -0.2) is 33.8 Å². The molecule has 0 aliphatic carbocycles. The number of carbonyl (C=O) groups excluding carboxylic acids is 2. The Morgan fingerprint density at radius 2 is 1.84 bits per heavy atom. The van der Waals surface area contributed by atoms with E-state index in [0.29, 0.717) is 12.0 Å². The summed E-state index contributed by atoms with van der Waals surface area (Å²) in [6.07, 6.45) is 0. The summed E-state index contributed by atoms with van der Waals surface area (Å²) >= 11 is 0.999. The van der Waals surface area contributed by atoms with Crippen LogP contribution in [0.25, 0.3) is 11.5 Å². The minimum absolute atomic E-state index is 0.175. The van der Waals surface area contributed by atoms with Crippen LogP contribution < -0.4 is 10.6 Å². The van der Waals surface area contributed by atoms with E-state index in [-0.39, 0.29) is 5.22 Å². The SMILES string of the molecule is Cc1ccccc1-c1nnc(SC(C)C(=O)NCC(=O)Nc2ccc(F)c(F)c2F)o1. The lowest BCUT2D eigenvalue weighted by molar-refractivity contribution is -0.123. The van der Waals surface area contributed by atoms with E-state index in [1.54, 1.807) is 6.92 Å². The number of rotatable bonds is 7. The van der Waals surface area contributed by atoms with Crippen molar-refractivity contribution in [3.63, 3.8) is 0 Å². The van der Waals surface area contributed by atoms with Crippen LogP contribution in [0.5, 0.6) is 0 Å². The number of carbonyl (C=O) groups is 2. The lowest BCUT2D eigenvalue weighted by Crippen LogP contribution is -2.37. The lowest BCUT2D eigenvalue weighted by atomic mass is 10.1. The van der Waals surface area contributed by atoms with Gasteiger partial charge in [0.05, 0.1) is 17.5 Å². The van der Waals surface area contributed by atoms with Crippen LogP contribution >= 0.6 is 11.8 Å². The minimum atomic E-state index is -1.70. The third kappa shape index (κ3) is 5.43. The molecular formula is C20H17F3N4O3S. The summed E-state index contributed by atoms with van der Waals surface area (Å²) in [5, 5.41) is 11.8. The van der Waals surface area contributed by atoms with Gasteiger partial charge in [0.15, 0.2) is 17.5 Å². The van der Waals surface area contributed by atoms with E-state index in [9.17, 15) is 22.8 Å². The van der Waals surface area contributed by atoms with E-state index in [1.165, 1.54) is 0 Å². The van der Waals surface area contributed by atoms with E-state index < -0.39 is 46.7 Å². The maximum Gasteiger partial charge on any atom is 0.277 e. The van der Waals surface area contributed by atoms with Gasteiger partial charge in [0, 0.05) is 5.56 Å². The quantitative estimate of drug-likeness (QED) is 0.421. The van der Waals surface area contributed by atoms with Gasteiger partial charge in [-0.1, -0.05) is 30.0 Å². The number of hydrogen-bond donors (Lipinski definition) is 2. The van der Waals surface area contributed by atoms with Crippen molar-refractivity contribution in [2.75, 3.05) is 11.9 Å². The predicted octanol–water partition coefficient (Wildman–Crippen LogP) is 3.70. The Morgan fingerprint density at radius 3 is 2.58 bits per heavy atom. The topological polar surface area (TPSA) is 97.1 Å². The summed E-state index contributed by atoms with van der Waals surface area (Å²) in [6.45, 7) is 2.98. The number of amides is 2. The van der Waals surface area contributed by atoms with E-state index in [4.69, 9.17) is 4.42 Å². The van der Waals surface area contributed by atoms with E-state index >= 15 is 0 Å². The van der Waals surface area contributed by atoms with Crippen molar-refractivity contribution in [1.82, 2.24) is 15.5 Å². The van der Waals surface area contributed by atoms with Crippen LogP contribution in [0.15, 0.2) is 46.0 Å². The highest BCUT2D eigenvalue weighted by molar-refractivity contribution is 8.00. The molecule has 2 aromatic carbocycles. The molecule has 2 amide bonds. The average molecular weight is 450 g/mol. The molecule has 162 valence electrons. The maximum atomic E-state index is 13.6. The van der Waals surface area contributed by atoms with Crippen LogP contribution in [0, 0.1) is 24.4 Å². The molecule has 1 atom stereocenters. The zero-order chi connectivity index (χ0) is 22.5. The first-order chi connectivity index (χ1) is 14.8. The Kier molecular flexibility index (Phi) is 6.95. The molecule has 1 heterocycles.